The van der Waals surface area contributed by atoms with Crippen LogP contribution in [0.25, 0.3) is 0 Å². The summed E-state index contributed by atoms with van der Waals surface area (Å²) in [6.07, 6.45) is 4.10. The number of nitrogens with one attached hydrogen (secondary N) is 1. The number of piperazine rings is 1. The van der Waals surface area contributed by atoms with Gasteiger partial charge in [0.2, 0.25) is 0 Å². The number of β-amino-alcohol motifs (C(OH)–C–C–N with tert-alkyl or cyclic N) is 1. The third kappa shape index (κ3) is 4.65. The molecule has 0 radical (unpaired) electrons. The molecule has 124 valence electrons. The molecule has 2 fully saturated rings. The Balaban J connectivity index is 1.86. The first-order chi connectivity index (χ1) is 10.1. The fourth-order valence-corrected chi connectivity index (χ4v) is 4.31. The highest BCUT2D eigenvalue weighted by molar-refractivity contribution is 4.94. The number of hydrogen-bond acceptors (Lipinski definition) is 4. The maximum atomic E-state index is 9.03. The van der Waals surface area contributed by atoms with E-state index >= 15 is 0 Å². The van der Waals surface area contributed by atoms with Gasteiger partial charge in [-0.3, -0.25) is 4.90 Å². The molecule has 1 saturated carbocycles. The van der Waals surface area contributed by atoms with E-state index in [-0.39, 0.29) is 0 Å². The van der Waals surface area contributed by atoms with Crippen molar-refractivity contribution < 1.29 is 5.11 Å². The van der Waals surface area contributed by atoms with Crippen molar-refractivity contribution in [3.8, 4) is 0 Å². The molecule has 4 heteroatoms. The van der Waals surface area contributed by atoms with Crippen LogP contribution in [-0.2, 0) is 0 Å². The standard InChI is InChI=1S/C17H35N3O/c1-4-18-16-15(6-5-7-17(16,2)3)14-20-10-8-19(9-11-20)12-13-21/h15-16,18,21H,4-14H2,1-3H3. The molecule has 2 aliphatic rings. The van der Waals surface area contributed by atoms with Gasteiger partial charge >= 0.3 is 0 Å². The topological polar surface area (TPSA) is 38.7 Å². The lowest BCUT2D eigenvalue weighted by Crippen LogP contribution is -2.55. The normalized spacial score (nSPS) is 31.4. The fraction of sp³-hybridized carbons (Fsp3) is 1.00. The third-order valence-corrected chi connectivity index (χ3v) is 5.51. The molecule has 0 amide bonds. The Bertz CT molecular complexity index is 300. The van der Waals surface area contributed by atoms with Gasteiger partial charge in [-0.05, 0) is 30.7 Å². The highest BCUT2D eigenvalue weighted by Gasteiger charge is 2.39. The Kier molecular flexibility index (Phi) is 6.48. The molecule has 4 nitrogen and oxygen atoms in total. The van der Waals surface area contributed by atoms with Crippen LogP contribution in [0.15, 0.2) is 0 Å². The number of nitrogens with zero attached hydrogens (tertiary/aromatic N) is 2. The Hall–Kier alpha value is -0.160. The summed E-state index contributed by atoms with van der Waals surface area (Å²) >= 11 is 0. The second kappa shape index (κ2) is 7.91. The summed E-state index contributed by atoms with van der Waals surface area (Å²) in [5.74, 6) is 0.790. The average molecular weight is 297 g/mol. The molecule has 1 aliphatic carbocycles. The first-order valence-corrected chi connectivity index (χ1v) is 8.85. The zero-order valence-corrected chi connectivity index (χ0v) is 14.3. The minimum Gasteiger partial charge on any atom is -0.395 e. The molecule has 0 bridgehead atoms. The predicted molar refractivity (Wildman–Crippen MR) is 88.6 cm³/mol. The van der Waals surface area contributed by atoms with Gasteiger partial charge in [-0.2, -0.15) is 0 Å². The van der Waals surface area contributed by atoms with Gasteiger partial charge in [-0.15, -0.1) is 0 Å². The molecular formula is C17H35N3O. The molecule has 1 aliphatic heterocycles. The Morgan fingerprint density at radius 2 is 1.81 bits per heavy atom. The van der Waals surface area contributed by atoms with Crippen molar-refractivity contribution >= 4 is 0 Å². The second-order valence-electron chi connectivity index (χ2n) is 7.54. The summed E-state index contributed by atoms with van der Waals surface area (Å²) in [5.41, 5.74) is 0.428. The molecular weight excluding hydrogens is 262 g/mol. The van der Waals surface area contributed by atoms with E-state index in [2.05, 4.69) is 35.9 Å². The van der Waals surface area contributed by atoms with E-state index in [0.717, 1.165) is 45.2 Å². The number of aliphatic hydroxyl groups excluding tert-OH is 1. The number of hydrogen-bond donors (Lipinski definition) is 2. The summed E-state index contributed by atoms with van der Waals surface area (Å²) in [6, 6.07) is 0.659. The molecule has 2 atom stereocenters. The fourth-order valence-electron chi connectivity index (χ4n) is 4.31. The van der Waals surface area contributed by atoms with Crippen molar-refractivity contribution in [3.05, 3.63) is 0 Å². The lowest BCUT2D eigenvalue weighted by atomic mass is 9.67. The van der Waals surface area contributed by atoms with Gasteiger partial charge in [0.25, 0.3) is 0 Å². The summed E-state index contributed by atoms with van der Waals surface area (Å²) in [4.78, 5) is 5.02. The van der Waals surface area contributed by atoms with Gasteiger partial charge in [0.1, 0.15) is 0 Å². The van der Waals surface area contributed by atoms with Crippen molar-refractivity contribution in [1.82, 2.24) is 15.1 Å². The van der Waals surface area contributed by atoms with Crippen LogP contribution >= 0.6 is 0 Å². The van der Waals surface area contributed by atoms with Crippen molar-refractivity contribution in [2.45, 2.75) is 46.1 Å². The highest BCUT2D eigenvalue weighted by atomic mass is 16.3. The zero-order chi connectivity index (χ0) is 15.3. The van der Waals surface area contributed by atoms with Crippen LogP contribution in [0.4, 0.5) is 0 Å². The molecule has 2 unspecified atom stereocenters. The van der Waals surface area contributed by atoms with Crippen LogP contribution in [-0.4, -0.2) is 73.4 Å². The van der Waals surface area contributed by atoms with Crippen molar-refractivity contribution in [3.63, 3.8) is 0 Å². The Morgan fingerprint density at radius 3 is 2.43 bits per heavy atom. The van der Waals surface area contributed by atoms with E-state index in [9.17, 15) is 0 Å². The molecule has 0 aromatic carbocycles. The Labute approximate surface area is 130 Å². The minimum atomic E-state index is 0.291. The summed E-state index contributed by atoms with van der Waals surface area (Å²) in [6.45, 7) is 15.1. The third-order valence-electron chi connectivity index (χ3n) is 5.51. The van der Waals surface area contributed by atoms with E-state index in [1.165, 1.54) is 25.8 Å². The molecule has 2 rings (SSSR count). The van der Waals surface area contributed by atoms with E-state index in [1.54, 1.807) is 0 Å². The lowest BCUT2D eigenvalue weighted by molar-refractivity contribution is 0.0543. The molecule has 0 aromatic heterocycles. The summed E-state index contributed by atoms with van der Waals surface area (Å²) in [5, 5.41) is 12.8. The molecule has 1 saturated heterocycles. The number of aliphatic hydroxyl groups is 1. The van der Waals surface area contributed by atoms with Crippen LogP contribution in [0, 0.1) is 11.3 Å². The second-order valence-corrected chi connectivity index (χ2v) is 7.54. The molecule has 2 N–H and O–H groups in total. The first kappa shape index (κ1) is 17.2. The number of rotatable bonds is 6. The van der Waals surface area contributed by atoms with Crippen LogP contribution in [0.2, 0.25) is 0 Å². The van der Waals surface area contributed by atoms with Gasteiger partial charge in [0, 0.05) is 45.3 Å². The molecule has 21 heavy (non-hydrogen) atoms. The largest absolute Gasteiger partial charge is 0.395 e. The monoisotopic (exact) mass is 297 g/mol. The van der Waals surface area contributed by atoms with Crippen LogP contribution in [0.3, 0.4) is 0 Å². The van der Waals surface area contributed by atoms with E-state index in [1.807, 2.05) is 0 Å². The smallest absolute Gasteiger partial charge is 0.0558 e. The van der Waals surface area contributed by atoms with Gasteiger partial charge < -0.3 is 15.3 Å². The summed E-state index contributed by atoms with van der Waals surface area (Å²) in [7, 11) is 0. The maximum Gasteiger partial charge on any atom is 0.0558 e. The average Bonchev–Trinajstić information content (AvgIpc) is 2.45. The van der Waals surface area contributed by atoms with E-state index < -0.39 is 0 Å². The van der Waals surface area contributed by atoms with E-state index in [0.29, 0.717) is 18.1 Å². The zero-order valence-electron chi connectivity index (χ0n) is 14.3. The van der Waals surface area contributed by atoms with Crippen molar-refractivity contribution in [1.29, 1.82) is 0 Å². The van der Waals surface area contributed by atoms with Crippen LogP contribution in [0.5, 0.6) is 0 Å². The van der Waals surface area contributed by atoms with Gasteiger partial charge in [-0.25, -0.2) is 0 Å². The Morgan fingerprint density at radius 1 is 1.14 bits per heavy atom. The van der Waals surface area contributed by atoms with Crippen molar-refractivity contribution in [2.24, 2.45) is 11.3 Å². The maximum absolute atomic E-state index is 9.03. The summed E-state index contributed by atoms with van der Waals surface area (Å²) < 4.78 is 0. The minimum absolute atomic E-state index is 0.291. The SMILES string of the molecule is CCNC1C(CN2CCN(CCO)CC2)CCCC1(C)C. The van der Waals surface area contributed by atoms with Crippen LogP contribution < -0.4 is 5.32 Å². The highest BCUT2D eigenvalue weighted by Crippen LogP contribution is 2.39. The molecule has 0 aromatic rings. The van der Waals surface area contributed by atoms with Crippen LogP contribution in [0.1, 0.15) is 40.0 Å². The van der Waals surface area contributed by atoms with E-state index in [4.69, 9.17) is 5.11 Å². The predicted octanol–water partition coefficient (Wildman–Crippen LogP) is 1.40. The molecule has 0 spiro atoms. The lowest BCUT2D eigenvalue weighted by Gasteiger charge is -2.47. The first-order valence-electron chi connectivity index (χ1n) is 8.85. The van der Waals surface area contributed by atoms with Gasteiger partial charge in [0.15, 0.2) is 0 Å². The quantitative estimate of drug-likeness (QED) is 0.777. The van der Waals surface area contributed by atoms with Crippen molar-refractivity contribution in [2.75, 3.05) is 52.4 Å². The molecule has 1 heterocycles. The van der Waals surface area contributed by atoms with Gasteiger partial charge in [0.05, 0.1) is 6.61 Å². The van der Waals surface area contributed by atoms with Gasteiger partial charge in [-0.1, -0.05) is 27.2 Å².